The van der Waals surface area contributed by atoms with E-state index in [0.717, 1.165) is 18.5 Å². The molecule has 0 saturated carbocycles. The van der Waals surface area contributed by atoms with Crippen LogP contribution in [0.4, 0.5) is 8.78 Å². The van der Waals surface area contributed by atoms with Crippen molar-refractivity contribution >= 4 is 39.2 Å². The lowest BCUT2D eigenvalue weighted by Gasteiger charge is -2.37. The van der Waals surface area contributed by atoms with Crippen LogP contribution in [0.5, 0.6) is 0 Å². The van der Waals surface area contributed by atoms with E-state index in [9.17, 15) is 17.2 Å². The number of pyridine rings is 1. The van der Waals surface area contributed by atoms with E-state index in [1.807, 2.05) is 0 Å². The maximum absolute atomic E-state index is 14.5. The van der Waals surface area contributed by atoms with Gasteiger partial charge in [0.05, 0.1) is 18.1 Å². The van der Waals surface area contributed by atoms with Gasteiger partial charge in [-0.15, -0.1) is 0 Å². The van der Waals surface area contributed by atoms with Gasteiger partial charge in [-0.1, -0.05) is 11.6 Å². The van der Waals surface area contributed by atoms with E-state index < -0.39 is 37.7 Å². The Morgan fingerprint density at radius 1 is 1.21 bits per heavy atom. The molecule has 0 radical (unpaired) electrons. The minimum Gasteiger partial charge on any atom is -0.386 e. The zero-order valence-electron chi connectivity index (χ0n) is 15.8. The Morgan fingerprint density at radius 3 is 2.48 bits per heavy atom. The minimum absolute atomic E-state index is 0.0734. The molecule has 2 aromatic heterocycles. The molecule has 0 bridgehead atoms. The molecule has 0 aromatic carbocycles. The van der Waals surface area contributed by atoms with Crippen LogP contribution in [0.1, 0.15) is 37.6 Å². The molecular formula is C18H18ClF2N5O2S. The van der Waals surface area contributed by atoms with Crippen molar-refractivity contribution in [2.75, 3.05) is 5.75 Å². The summed E-state index contributed by atoms with van der Waals surface area (Å²) in [6.45, 7) is 4.33. The van der Waals surface area contributed by atoms with Crippen molar-refractivity contribution in [3.05, 3.63) is 52.6 Å². The number of aliphatic imine (C=N–C) groups is 1. The van der Waals surface area contributed by atoms with Gasteiger partial charge in [0, 0.05) is 11.8 Å². The van der Waals surface area contributed by atoms with Crippen molar-refractivity contribution in [2.45, 2.75) is 31.1 Å². The molecule has 3 rings (SSSR count). The fraction of sp³-hybridized carbons (Fsp3) is 0.333. The number of amidine groups is 1. The first kappa shape index (κ1) is 21.3. The van der Waals surface area contributed by atoms with Gasteiger partial charge in [0.2, 0.25) is 5.95 Å². The molecule has 0 fully saturated rings. The Bertz CT molecular complexity index is 1130. The van der Waals surface area contributed by atoms with Crippen molar-refractivity contribution < 1.29 is 17.2 Å². The molecule has 0 aliphatic carbocycles. The largest absolute Gasteiger partial charge is 0.386 e. The first-order valence-electron chi connectivity index (χ1n) is 8.45. The maximum atomic E-state index is 14.5. The predicted molar refractivity (Wildman–Crippen MR) is 107 cm³/mol. The lowest BCUT2D eigenvalue weighted by Crippen LogP contribution is -2.55. The molecule has 1 aliphatic heterocycles. The van der Waals surface area contributed by atoms with Crippen molar-refractivity contribution in [3.63, 3.8) is 0 Å². The molecule has 0 amide bonds. The first-order chi connectivity index (χ1) is 13.4. The second kappa shape index (κ2) is 7.10. The molecular weight excluding hydrogens is 424 g/mol. The fourth-order valence-electron chi connectivity index (χ4n) is 2.86. The van der Waals surface area contributed by atoms with Crippen molar-refractivity contribution in [1.82, 2.24) is 15.0 Å². The number of halogens is 3. The van der Waals surface area contributed by atoms with Crippen LogP contribution in [0.25, 0.3) is 11.9 Å². The second-order valence-corrected chi connectivity index (χ2v) is 10.3. The van der Waals surface area contributed by atoms with E-state index in [2.05, 4.69) is 19.9 Å². The molecule has 7 nitrogen and oxygen atoms in total. The van der Waals surface area contributed by atoms with Gasteiger partial charge in [-0.3, -0.25) is 4.99 Å². The molecule has 1 aliphatic rings. The average molecular weight is 442 g/mol. The Labute approximate surface area is 171 Å². The molecule has 1 atom stereocenters. The van der Waals surface area contributed by atoms with Crippen LogP contribution in [0.15, 0.2) is 29.6 Å². The average Bonchev–Trinajstić information content (AvgIpc) is 2.62. The number of sulfone groups is 1. The first-order valence-corrected chi connectivity index (χ1v) is 10.5. The molecule has 154 valence electrons. The summed E-state index contributed by atoms with van der Waals surface area (Å²) in [6.07, 6.45) is 4.52. The third-order valence-corrected chi connectivity index (χ3v) is 7.73. The topological polar surface area (TPSA) is 111 Å². The summed E-state index contributed by atoms with van der Waals surface area (Å²) < 4.78 is 53.0. The van der Waals surface area contributed by atoms with E-state index in [0.29, 0.717) is 0 Å². The van der Waals surface area contributed by atoms with Crippen LogP contribution < -0.4 is 5.73 Å². The van der Waals surface area contributed by atoms with Crippen LogP contribution in [-0.4, -0.2) is 39.7 Å². The van der Waals surface area contributed by atoms with Gasteiger partial charge in [0.1, 0.15) is 27.0 Å². The van der Waals surface area contributed by atoms with Gasteiger partial charge < -0.3 is 5.73 Å². The monoisotopic (exact) mass is 441 g/mol. The zero-order valence-corrected chi connectivity index (χ0v) is 17.4. The maximum Gasteiger partial charge on any atom is 0.218 e. The Kier molecular flexibility index (Phi) is 5.20. The Hall–Kier alpha value is -2.46. The highest BCUT2D eigenvalue weighted by molar-refractivity contribution is 7.93. The van der Waals surface area contributed by atoms with E-state index in [-0.39, 0.29) is 27.8 Å². The van der Waals surface area contributed by atoms with Crippen LogP contribution in [0.2, 0.25) is 5.15 Å². The summed E-state index contributed by atoms with van der Waals surface area (Å²) in [5, 5.41) is 0.108. The van der Waals surface area contributed by atoms with Crippen LogP contribution in [0, 0.1) is 5.95 Å². The lowest BCUT2D eigenvalue weighted by molar-refractivity contribution is 0.463. The van der Waals surface area contributed by atoms with Gasteiger partial charge in [0.15, 0.2) is 15.7 Å². The van der Waals surface area contributed by atoms with Gasteiger partial charge >= 0.3 is 0 Å². The summed E-state index contributed by atoms with van der Waals surface area (Å²) in [5.74, 6) is -2.26. The third kappa shape index (κ3) is 3.86. The molecule has 3 heterocycles. The lowest BCUT2D eigenvalue weighted by atomic mass is 9.93. The number of nitrogens with two attached hydrogens (primary N) is 1. The summed E-state index contributed by atoms with van der Waals surface area (Å²) in [7, 11) is -3.74. The fourth-order valence-corrected chi connectivity index (χ4v) is 4.64. The summed E-state index contributed by atoms with van der Waals surface area (Å²) in [6, 6.07) is 1.29. The molecule has 29 heavy (non-hydrogen) atoms. The van der Waals surface area contributed by atoms with Gasteiger partial charge in [0.25, 0.3) is 0 Å². The van der Waals surface area contributed by atoms with Gasteiger partial charge in [-0.05, 0) is 38.5 Å². The van der Waals surface area contributed by atoms with Crippen LogP contribution in [-0.2, 0) is 15.4 Å². The SMILES string of the molecule is CC1(c2cc(C=C(F)c3cnc(Cl)cn3)cnc2F)CS(=O)(=O)C(C)(C)C(N)=N1. The zero-order chi connectivity index (χ0) is 21.6. The summed E-state index contributed by atoms with van der Waals surface area (Å²) in [4.78, 5) is 15.5. The van der Waals surface area contributed by atoms with E-state index in [1.54, 1.807) is 0 Å². The quantitative estimate of drug-likeness (QED) is 0.733. The van der Waals surface area contributed by atoms with Crippen molar-refractivity contribution in [1.29, 1.82) is 0 Å². The van der Waals surface area contributed by atoms with Crippen LogP contribution >= 0.6 is 11.6 Å². The number of rotatable bonds is 3. The highest BCUT2D eigenvalue weighted by Crippen LogP contribution is 2.37. The molecule has 2 N–H and O–H groups in total. The Morgan fingerprint density at radius 2 is 1.90 bits per heavy atom. The van der Waals surface area contributed by atoms with Gasteiger partial charge in [-0.2, -0.15) is 4.39 Å². The summed E-state index contributed by atoms with van der Waals surface area (Å²) >= 11 is 5.63. The predicted octanol–water partition coefficient (Wildman–Crippen LogP) is 2.91. The third-order valence-electron chi connectivity index (χ3n) is 4.83. The van der Waals surface area contributed by atoms with E-state index in [4.69, 9.17) is 17.3 Å². The van der Waals surface area contributed by atoms with E-state index >= 15 is 0 Å². The minimum atomic E-state index is -3.74. The molecule has 1 unspecified atom stereocenters. The van der Waals surface area contributed by atoms with Crippen LogP contribution in [0.3, 0.4) is 0 Å². The highest BCUT2D eigenvalue weighted by Gasteiger charge is 2.49. The van der Waals surface area contributed by atoms with Crippen molar-refractivity contribution in [2.24, 2.45) is 10.7 Å². The molecule has 2 aromatic rings. The Balaban J connectivity index is 2.07. The number of nitrogens with zero attached hydrogens (tertiary/aromatic N) is 4. The smallest absolute Gasteiger partial charge is 0.218 e. The number of aromatic nitrogens is 3. The second-order valence-electron chi connectivity index (χ2n) is 7.36. The van der Waals surface area contributed by atoms with Crippen molar-refractivity contribution in [3.8, 4) is 0 Å². The molecule has 0 spiro atoms. The standard InChI is InChI=1S/C18H18ClF2N5O2S/c1-17(2)16(22)26-18(3,9-29(17,27)28)11-4-10(6-25-15(11)21)5-12(20)13-7-24-14(19)8-23-13/h4-8H,9H2,1-3H3,(H2,22,26). The van der Waals surface area contributed by atoms with E-state index in [1.165, 1.54) is 33.0 Å². The summed E-state index contributed by atoms with van der Waals surface area (Å²) in [5.41, 5.74) is 4.39. The molecule has 11 heteroatoms. The normalized spacial score (nSPS) is 23.5. The highest BCUT2D eigenvalue weighted by atomic mass is 35.5. The number of hydrogen-bond donors (Lipinski definition) is 1. The number of hydrogen-bond acceptors (Lipinski definition) is 7. The van der Waals surface area contributed by atoms with Gasteiger partial charge in [-0.25, -0.2) is 27.8 Å². The molecule has 0 saturated heterocycles.